The molecule has 0 radical (unpaired) electrons. The van der Waals surface area contributed by atoms with Gasteiger partial charge in [-0.25, -0.2) is 9.79 Å². The van der Waals surface area contributed by atoms with Crippen LogP contribution in [0.5, 0.6) is 0 Å². The van der Waals surface area contributed by atoms with Gasteiger partial charge in [-0.2, -0.15) is 13.2 Å². The second-order valence-electron chi connectivity index (χ2n) is 3.41. The SMILES string of the molecule is CN(C(N)=O)C(N)=Nc1ccc(C(F)(F)F)cc1. The van der Waals surface area contributed by atoms with E-state index < -0.39 is 17.8 Å². The lowest BCUT2D eigenvalue weighted by Gasteiger charge is -2.12. The minimum atomic E-state index is -4.40. The van der Waals surface area contributed by atoms with E-state index in [9.17, 15) is 18.0 Å². The van der Waals surface area contributed by atoms with E-state index in [0.717, 1.165) is 29.2 Å². The Bertz CT molecular complexity index is 467. The number of nitrogens with two attached hydrogens (primary N) is 2. The summed E-state index contributed by atoms with van der Waals surface area (Å²) in [5.41, 5.74) is 9.78. The molecule has 0 saturated carbocycles. The number of carbonyl (C=O) groups is 1. The smallest absolute Gasteiger partial charge is 0.369 e. The number of halogens is 3. The molecule has 1 aromatic rings. The monoisotopic (exact) mass is 260 g/mol. The number of amides is 2. The molecule has 18 heavy (non-hydrogen) atoms. The molecule has 2 amide bonds. The number of hydrogen-bond donors (Lipinski definition) is 2. The van der Waals surface area contributed by atoms with Gasteiger partial charge in [-0.1, -0.05) is 0 Å². The third-order valence-corrected chi connectivity index (χ3v) is 2.11. The predicted molar refractivity (Wildman–Crippen MR) is 60.1 cm³/mol. The van der Waals surface area contributed by atoms with Gasteiger partial charge in [-0.3, -0.25) is 4.90 Å². The molecular formula is C10H11F3N4O. The van der Waals surface area contributed by atoms with Gasteiger partial charge in [0.1, 0.15) is 0 Å². The number of primary amides is 1. The fraction of sp³-hybridized carbons (Fsp3) is 0.200. The van der Waals surface area contributed by atoms with Gasteiger partial charge < -0.3 is 11.5 Å². The average molecular weight is 260 g/mol. The molecule has 8 heteroatoms. The molecule has 1 rings (SSSR count). The van der Waals surface area contributed by atoms with E-state index in [1.165, 1.54) is 7.05 Å². The normalized spacial score (nSPS) is 12.3. The fourth-order valence-corrected chi connectivity index (χ4v) is 1.05. The van der Waals surface area contributed by atoms with Gasteiger partial charge in [0, 0.05) is 7.05 Å². The van der Waals surface area contributed by atoms with Gasteiger partial charge in [-0.15, -0.1) is 0 Å². The number of guanidine groups is 1. The minimum Gasteiger partial charge on any atom is -0.369 e. The zero-order valence-corrected chi connectivity index (χ0v) is 9.40. The van der Waals surface area contributed by atoms with Crippen molar-refractivity contribution in [1.29, 1.82) is 0 Å². The first-order valence-electron chi connectivity index (χ1n) is 4.76. The zero-order chi connectivity index (χ0) is 13.9. The van der Waals surface area contributed by atoms with E-state index in [2.05, 4.69) is 4.99 Å². The molecule has 0 saturated heterocycles. The summed E-state index contributed by atoms with van der Waals surface area (Å²) in [6.45, 7) is 0. The van der Waals surface area contributed by atoms with Crippen molar-refractivity contribution in [3.05, 3.63) is 29.8 Å². The number of aliphatic imine (C=N–C) groups is 1. The molecule has 98 valence electrons. The van der Waals surface area contributed by atoms with Gasteiger partial charge in [0.05, 0.1) is 11.3 Å². The molecule has 4 N–H and O–H groups in total. The first kappa shape index (κ1) is 13.8. The molecule has 5 nitrogen and oxygen atoms in total. The Morgan fingerprint density at radius 2 is 1.72 bits per heavy atom. The number of rotatable bonds is 1. The maximum Gasteiger partial charge on any atom is 0.416 e. The summed E-state index contributed by atoms with van der Waals surface area (Å²) in [5, 5.41) is 0. The number of urea groups is 1. The first-order valence-corrected chi connectivity index (χ1v) is 4.76. The van der Waals surface area contributed by atoms with Crippen LogP contribution in [0.2, 0.25) is 0 Å². The molecule has 0 unspecified atom stereocenters. The van der Waals surface area contributed by atoms with Gasteiger partial charge in [-0.05, 0) is 24.3 Å². The van der Waals surface area contributed by atoms with Crippen LogP contribution in [0.3, 0.4) is 0 Å². The predicted octanol–water partition coefficient (Wildman–Crippen LogP) is 1.66. The highest BCUT2D eigenvalue weighted by Crippen LogP contribution is 2.30. The number of alkyl halides is 3. The number of nitrogens with zero attached hydrogens (tertiary/aromatic N) is 2. The number of carbonyl (C=O) groups excluding carboxylic acids is 1. The van der Waals surface area contributed by atoms with Crippen molar-refractivity contribution in [2.45, 2.75) is 6.18 Å². The van der Waals surface area contributed by atoms with Crippen molar-refractivity contribution in [3.8, 4) is 0 Å². The van der Waals surface area contributed by atoms with E-state index in [1.54, 1.807) is 0 Å². The maximum atomic E-state index is 12.3. The Morgan fingerprint density at radius 1 is 1.22 bits per heavy atom. The quantitative estimate of drug-likeness (QED) is 0.594. The Kier molecular flexibility index (Phi) is 3.79. The zero-order valence-electron chi connectivity index (χ0n) is 9.40. The summed E-state index contributed by atoms with van der Waals surface area (Å²) >= 11 is 0. The van der Waals surface area contributed by atoms with Crippen molar-refractivity contribution >= 4 is 17.7 Å². The number of benzene rings is 1. The van der Waals surface area contributed by atoms with Crippen molar-refractivity contribution in [2.24, 2.45) is 16.5 Å². The van der Waals surface area contributed by atoms with Crippen molar-refractivity contribution in [1.82, 2.24) is 4.90 Å². The van der Waals surface area contributed by atoms with E-state index in [-0.39, 0.29) is 11.6 Å². The Hall–Kier alpha value is -2.25. The second-order valence-corrected chi connectivity index (χ2v) is 3.41. The maximum absolute atomic E-state index is 12.3. The molecule has 0 bridgehead atoms. The highest BCUT2D eigenvalue weighted by Gasteiger charge is 2.29. The van der Waals surface area contributed by atoms with Gasteiger partial charge in [0.15, 0.2) is 0 Å². The van der Waals surface area contributed by atoms with E-state index in [4.69, 9.17) is 11.5 Å². The molecule has 0 aliphatic heterocycles. The van der Waals surface area contributed by atoms with Crippen LogP contribution in [0.1, 0.15) is 5.56 Å². The standard InChI is InChI=1S/C10H11F3N4O/c1-17(9(15)18)8(14)16-7-4-2-6(3-5-7)10(11,12)13/h2-5H,1H3,(H2,14,16)(H2,15,18). The van der Waals surface area contributed by atoms with Crippen molar-refractivity contribution in [3.63, 3.8) is 0 Å². The lowest BCUT2D eigenvalue weighted by Crippen LogP contribution is -2.41. The van der Waals surface area contributed by atoms with Crippen LogP contribution in [0.4, 0.5) is 23.7 Å². The highest BCUT2D eigenvalue weighted by molar-refractivity contribution is 5.95. The van der Waals surface area contributed by atoms with Gasteiger partial charge in [0.25, 0.3) is 0 Å². The van der Waals surface area contributed by atoms with Crippen LogP contribution in [0.25, 0.3) is 0 Å². The molecule has 0 atom stereocenters. The molecule has 0 aromatic heterocycles. The van der Waals surface area contributed by atoms with Crippen molar-refractivity contribution < 1.29 is 18.0 Å². The Morgan fingerprint density at radius 3 is 2.11 bits per heavy atom. The minimum absolute atomic E-state index is 0.189. The highest BCUT2D eigenvalue weighted by atomic mass is 19.4. The van der Waals surface area contributed by atoms with Crippen LogP contribution < -0.4 is 11.5 Å². The lowest BCUT2D eigenvalue weighted by atomic mass is 10.2. The summed E-state index contributed by atoms with van der Waals surface area (Å²) in [4.78, 5) is 15.4. The molecule has 0 aliphatic rings. The lowest BCUT2D eigenvalue weighted by molar-refractivity contribution is -0.137. The van der Waals surface area contributed by atoms with Crippen molar-refractivity contribution in [2.75, 3.05) is 7.05 Å². The van der Waals surface area contributed by atoms with Crippen LogP contribution in [-0.2, 0) is 6.18 Å². The fourth-order valence-electron chi connectivity index (χ4n) is 1.05. The van der Waals surface area contributed by atoms with E-state index >= 15 is 0 Å². The largest absolute Gasteiger partial charge is 0.416 e. The van der Waals surface area contributed by atoms with Crippen LogP contribution >= 0.6 is 0 Å². The van der Waals surface area contributed by atoms with Crippen LogP contribution in [-0.4, -0.2) is 23.9 Å². The molecular weight excluding hydrogens is 249 g/mol. The Labute approximate surface area is 101 Å². The summed E-state index contributed by atoms with van der Waals surface area (Å²) in [6, 6.07) is 3.21. The number of hydrogen-bond acceptors (Lipinski definition) is 2. The molecule has 0 heterocycles. The summed E-state index contributed by atoms with van der Waals surface area (Å²) in [7, 11) is 1.30. The van der Waals surface area contributed by atoms with Crippen LogP contribution in [0.15, 0.2) is 29.3 Å². The summed E-state index contributed by atoms with van der Waals surface area (Å²) in [6.07, 6.45) is -4.40. The van der Waals surface area contributed by atoms with Gasteiger partial charge >= 0.3 is 12.2 Å². The van der Waals surface area contributed by atoms with Crippen LogP contribution in [0, 0.1) is 0 Å². The first-order chi connectivity index (χ1) is 8.21. The third kappa shape index (κ3) is 3.37. The van der Waals surface area contributed by atoms with E-state index in [0.29, 0.717) is 0 Å². The molecule has 0 fully saturated rings. The average Bonchev–Trinajstić information content (AvgIpc) is 2.27. The summed E-state index contributed by atoms with van der Waals surface area (Å²) < 4.78 is 36.9. The second kappa shape index (κ2) is 4.94. The summed E-state index contributed by atoms with van der Waals surface area (Å²) in [5.74, 6) is -0.206. The Balaban J connectivity index is 2.93. The molecule has 1 aromatic carbocycles. The molecule has 0 aliphatic carbocycles. The molecule has 0 spiro atoms. The third-order valence-electron chi connectivity index (χ3n) is 2.11. The van der Waals surface area contributed by atoms with E-state index in [1.807, 2.05) is 0 Å². The van der Waals surface area contributed by atoms with Gasteiger partial charge in [0.2, 0.25) is 5.96 Å². The topological polar surface area (TPSA) is 84.7 Å².